The molecule has 0 amide bonds. The molecule has 0 spiro atoms. The maximum absolute atomic E-state index is 11.7. The Balaban J connectivity index is 2.35. The average molecular weight is 273 g/mol. The smallest absolute Gasteiger partial charge is 0.330 e. The Labute approximate surface area is 107 Å². The van der Waals surface area contributed by atoms with Crippen molar-refractivity contribution in [1.29, 1.82) is 0 Å². The Morgan fingerprint density at radius 1 is 1.47 bits per heavy atom. The molecule has 2 rings (SSSR count). The predicted octanol–water partition coefficient (Wildman–Crippen LogP) is -2.65. The van der Waals surface area contributed by atoms with Gasteiger partial charge in [0.05, 0.1) is 6.61 Å². The maximum atomic E-state index is 11.7. The molecule has 19 heavy (non-hydrogen) atoms. The minimum absolute atomic E-state index is 0.133. The second-order valence-corrected chi connectivity index (χ2v) is 4.36. The highest BCUT2D eigenvalue weighted by Gasteiger charge is 2.44. The van der Waals surface area contributed by atoms with Crippen molar-refractivity contribution in [3.05, 3.63) is 32.6 Å². The van der Waals surface area contributed by atoms with Crippen molar-refractivity contribution in [2.24, 2.45) is 5.90 Å². The van der Waals surface area contributed by atoms with Crippen molar-refractivity contribution in [2.45, 2.75) is 31.5 Å². The van der Waals surface area contributed by atoms with Crippen LogP contribution >= 0.6 is 0 Å². The third-order valence-corrected chi connectivity index (χ3v) is 3.02. The summed E-state index contributed by atoms with van der Waals surface area (Å²) >= 11 is 0. The van der Waals surface area contributed by atoms with Gasteiger partial charge >= 0.3 is 5.69 Å². The van der Waals surface area contributed by atoms with Crippen LogP contribution < -0.4 is 17.1 Å². The molecule has 1 aliphatic rings. The van der Waals surface area contributed by atoms with Crippen molar-refractivity contribution in [2.75, 3.05) is 6.61 Å². The molecule has 2 heterocycles. The second-order valence-electron chi connectivity index (χ2n) is 4.36. The molecule has 1 saturated heterocycles. The van der Waals surface area contributed by atoms with E-state index in [9.17, 15) is 19.8 Å². The van der Waals surface area contributed by atoms with Gasteiger partial charge in [0.1, 0.15) is 18.3 Å². The standard InChI is InChI=1S/C10H15N3O6/c1-4-2-13(10(17)12-8(4)16)9-7(15)6(14)5(19-9)3-18-11/h2,5-7,9,14-15H,3,11H2,1H3,(H,12,16,17)/t5-,6?,7+,9-/m1/s1. The van der Waals surface area contributed by atoms with E-state index in [1.54, 1.807) is 0 Å². The summed E-state index contributed by atoms with van der Waals surface area (Å²) in [6, 6.07) is 0. The summed E-state index contributed by atoms with van der Waals surface area (Å²) in [4.78, 5) is 29.4. The number of hydrogen-bond donors (Lipinski definition) is 4. The summed E-state index contributed by atoms with van der Waals surface area (Å²) in [5.74, 6) is 4.89. The lowest BCUT2D eigenvalue weighted by Gasteiger charge is -2.17. The molecule has 0 aromatic carbocycles. The Morgan fingerprint density at radius 3 is 2.79 bits per heavy atom. The summed E-state index contributed by atoms with van der Waals surface area (Å²) in [5, 5.41) is 19.6. The molecule has 4 atom stereocenters. The molecule has 1 fully saturated rings. The molecule has 1 unspecified atom stereocenters. The SMILES string of the molecule is Cc1cn([C@@H]2O[C@H](CON)C(O)[C@@H]2O)c(=O)[nH]c1=O. The van der Waals surface area contributed by atoms with Gasteiger partial charge in [-0.25, -0.2) is 10.7 Å². The van der Waals surface area contributed by atoms with Crippen LogP contribution in [0.3, 0.4) is 0 Å². The van der Waals surface area contributed by atoms with Crippen LogP contribution in [0.1, 0.15) is 11.8 Å². The van der Waals surface area contributed by atoms with Crippen LogP contribution in [0, 0.1) is 6.92 Å². The molecule has 9 heteroatoms. The van der Waals surface area contributed by atoms with Crippen LogP contribution in [0.4, 0.5) is 0 Å². The monoisotopic (exact) mass is 273 g/mol. The number of nitrogens with two attached hydrogens (primary N) is 1. The Kier molecular flexibility index (Phi) is 3.83. The number of ether oxygens (including phenoxy) is 1. The van der Waals surface area contributed by atoms with Crippen LogP contribution in [-0.4, -0.2) is 44.7 Å². The molecule has 1 aromatic rings. The van der Waals surface area contributed by atoms with E-state index < -0.39 is 35.8 Å². The lowest BCUT2D eigenvalue weighted by atomic mass is 10.1. The third-order valence-electron chi connectivity index (χ3n) is 3.02. The van der Waals surface area contributed by atoms with Gasteiger partial charge in [-0.2, -0.15) is 0 Å². The maximum Gasteiger partial charge on any atom is 0.330 e. The van der Waals surface area contributed by atoms with Crippen molar-refractivity contribution >= 4 is 0 Å². The highest BCUT2D eigenvalue weighted by Crippen LogP contribution is 2.28. The van der Waals surface area contributed by atoms with E-state index in [4.69, 9.17) is 10.6 Å². The van der Waals surface area contributed by atoms with E-state index in [0.717, 1.165) is 4.57 Å². The quantitative estimate of drug-likeness (QED) is 0.441. The highest BCUT2D eigenvalue weighted by atomic mass is 16.6. The Bertz CT molecular complexity index is 567. The molecule has 0 bridgehead atoms. The number of nitrogens with zero attached hydrogens (tertiary/aromatic N) is 1. The zero-order valence-electron chi connectivity index (χ0n) is 10.1. The largest absolute Gasteiger partial charge is 0.387 e. The molecule has 1 aromatic heterocycles. The van der Waals surface area contributed by atoms with Gasteiger partial charge in [-0.3, -0.25) is 14.3 Å². The van der Waals surface area contributed by atoms with Crippen molar-refractivity contribution < 1.29 is 19.8 Å². The molecule has 5 N–H and O–H groups in total. The molecule has 106 valence electrons. The van der Waals surface area contributed by atoms with Crippen LogP contribution in [-0.2, 0) is 9.57 Å². The Morgan fingerprint density at radius 2 is 2.16 bits per heavy atom. The van der Waals surface area contributed by atoms with E-state index in [1.165, 1.54) is 13.1 Å². The number of aliphatic hydroxyl groups is 2. The summed E-state index contributed by atoms with van der Waals surface area (Å²) < 4.78 is 6.34. The first-order chi connectivity index (χ1) is 8.95. The fourth-order valence-electron chi connectivity index (χ4n) is 1.97. The van der Waals surface area contributed by atoms with E-state index in [0.29, 0.717) is 0 Å². The zero-order valence-corrected chi connectivity index (χ0v) is 10.1. The molecule has 9 nitrogen and oxygen atoms in total. The zero-order chi connectivity index (χ0) is 14.2. The molecular formula is C10H15N3O6. The first-order valence-electron chi connectivity index (χ1n) is 5.61. The van der Waals surface area contributed by atoms with E-state index in [1.807, 2.05) is 0 Å². The topological polar surface area (TPSA) is 140 Å². The summed E-state index contributed by atoms with van der Waals surface area (Å²) in [6.07, 6.45) is -3.29. The van der Waals surface area contributed by atoms with Gasteiger partial charge in [0.2, 0.25) is 0 Å². The van der Waals surface area contributed by atoms with Gasteiger partial charge in [-0.1, -0.05) is 0 Å². The van der Waals surface area contributed by atoms with Crippen LogP contribution in [0.15, 0.2) is 15.8 Å². The third kappa shape index (κ3) is 2.46. The number of aryl methyl sites for hydroxylation is 1. The first kappa shape index (κ1) is 13.9. The number of aromatic nitrogens is 2. The van der Waals surface area contributed by atoms with Gasteiger partial charge in [0.25, 0.3) is 5.56 Å². The lowest BCUT2D eigenvalue weighted by Crippen LogP contribution is -2.38. The fourth-order valence-corrected chi connectivity index (χ4v) is 1.97. The number of nitrogens with one attached hydrogen (secondary N) is 1. The predicted molar refractivity (Wildman–Crippen MR) is 62.1 cm³/mol. The molecule has 1 aliphatic heterocycles. The molecular weight excluding hydrogens is 258 g/mol. The van der Waals surface area contributed by atoms with Gasteiger partial charge in [-0.05, 0) is 6.92 Å². The number of aliphatic hydroxyl groups excluding tert-OH is 2. The minimum Gasteiger partial charge on any atom is -0.387 e. The number of hydrogen-bond acceptors (Lipinski definition) is 7. The normalized spacial score (nSPS) is 30.7. The fraction of sp³-hybridized carbons (Fsp3) is 0.600. The average Bonchev–Trinajstić information content (AvgIpc) is 2.63. The van der Waals surface area contributed by atoms with Crippen molar-refractivity contribution in [1.82, 2.24) is 9.55 Å². The Hall–Kier alpha value is -1.52. The molecule has 0 aliphatic carbocycles. The first-order valence-corrected chi connectivity index (χ1v) is 5.61. The van der Waals surface area contributed by atoms with Crippen LogP contribution in [0.2, 0.25) is 0 Å². The van der Waals surface area contributed by atoms with Crippen molar-refractivity contribution in [3.63, 3.8) is 0 Å². The summed E-state index contributed by atoms with van der Waals surface area (Å²) in [6.45, 7) is 1.37. The van der Waals surface area contributed by atoms with Gasteiger partial charge in [0, 0.05) is 11.8 Å². The summed E-state index contributed by atoms with van der Waals surface area (Å²) in [7, 11) is 0. The van der Waals surface area contributed by atoms with E-state index in [-0.39, 0.29) is 12.2 Å². The van der Waals surface area contributed by atoms with E-state index >= 15 is 0 Å². The molecule has 0 saturated carbocycles. The van der Waals surface area contributed by atoms with Crippen molar-refractivity contribution in [3.8, 4) is 0 Å². The van der Waals surface area contributed by atoms with Gasteiger partial charge in [-0.15, -0.1) is 0 Å². The number of rotatable bonds is 3. The second kappa shape index (κ2) is 5.23. The molecule has 0 radical (unpaired) electrons. The van der Waals surface area contributed by atoms with Crippen LogP contribution in [0.25, 0.3) is 0 Å². The lowest BCUT2D eigenvalue weighted by molar-refractivity contribution is -0.0690. The van der Waals surface area contributed by atoms with Gasteiger partial charge < -0.3 is 19.8 Å². The van der Waals surface area contributed by atoms with Gasteiger partial charge in [0.15, 0.2) is 6.23 Å². The van der Waals surface area contributed by atoms with Crippen LogP contribution in [0.5, 0.6) is 0 Å². The minimum atomic E-state index is -1.33. The number of aromatic amines is 1. The van der Waals surface area contributed by atoms with E-state index in [2.05, 4.69) is 9.82 Å². The number of H-pyrrole nitrogens is 1. The highest BCUT2D eigenvalue weighted by molar-refractivity contribution is 5.03. The summed E-state index contributed by atoms with van der Waals surface area (Å²) in [5.41, 5.74) is -0.972.